The van der Waals surface area contributed by atoms with E-state index in [4.69, 9.17) is 17.0 Å². The lowest BCUT2D eigenvalue weighted by Crippen LogP contribution is -2.38. The fraction of sp³-hybridized carbons (Fsp3) is 0.786. The second kappa shape index (κ2) is 6.47. The molecule has 0 aromatic carbocycles. The van der Waals surface area contributed by atoms with E-state index in [2.05, 4.69) is 9.67 Å². The van der Waals surface area contributed by atoms with Crippen LogP contribution in [0.15, 0.2) is 0 Å². The lowest BCUT2D eigenvalue weighted by Gasteiger charge is -2.21. The highest BCUT2D eigenvalue weighted by Crippen LogP contribution is 2.21. The standard InChI is InChI=1S/C14H22N4O3S/c1-21-13(20)11-7-10(19)8-16(11)9-18-14(22)17-6-4-2-3-5-12(17)15-18/h10-11,19H,2-9H2,1H3/t10-,11-/m0/s1. The third-order valence-electron chi connectivity index (χ3n) is 4.45. The first kappa shape index (κ1) is 15.6. The minimum Gasteiger partial charge on any atom is -0.468 e. The Morgan fingerprint density at radius 1 is 1.45 bits per heavy atom. The maximum atomic E-state index is 11.8. The van der Waals surface area contributed by atoms with Gasteiger partial charge in [-0.05, 0) is 25.1 Å². The molecule has 8 heteroatoms. The zero-order valence-corrected chi connectivity index (χ0v) is 13.6. The van der Waals surface area contributed by atoms with Gasteiger partial charge in [-0.25, -0.2) is 4.68 Å². The Bertz CT molecular complexity index is 612. The van der Waals surface area contributed by atoms with Crippen LogP contribution in [-0.4, -0.2) is 56.1 Å². The molecule has 1 aromatic heterocycles. The topological polar surface area (TPSA) is 72.5 Å². The number of nitrogens with zero attached hydrogens (tertiary/aromatic N) is 4. The number of carbonyl (C=O) groups is 1. The van der Waals surface area contributed by atoms with Crippen LogP contribution in [0.3, 0.4) is 0 Å². The number of rotatable bonds is 3. The first-order valence-corrected chi connectivity index (χ1v) is 8.17. The van der Waals surface area contributed by atoms with Gasteiger partial charge in [-0.2, -0.15) is 5.10 Å². The molecule has 122 valence electrons. The Morgan fingerprint density at radius 3 is 3.05 bits per heavy atom. The molecule has 2 aliphatic rings. The van der Waals surface area contributed by atoms with Crippen molar-refractivity contribution in [3.63, 3.8) is 0 Å². The smallest absolute Gasteiger partial charge is 0.323 e. The fourth-order valence-corrected chi connectivity index (χ4v) is 3.60. The first-order valence-electron chi connectivity index (χ1n) is 7.76. The third kappa shape index (κ3) is 2.95. The van der Waals surface area contributed by atoms with Crippen molar-refractivity contribution in [2.24, 2.45) is 0 Å². The van der Waals surface area contributed by atoms with Crippen LogP contribution in [0.5, 0.6) is 0 Å². The van der Waals surface area contributed by atoms with Crippen molar-refractivity contribution in [3.05, 3.63) is 10.6 Å². The highest BCUT2D eigenvalue weighted by molar-refractivity contribution is 7.71. The van der Waals surface area contributed by atoms with Gasteiger partial charge in [0.1, 0.15) is 11.9 Å². The van der Waals surface area contributed by atoms with Crippen molar-refractivity contribution in [1.82, 2.24) is 19.2 Å². The van der Waals surface area contributed by atoms with E-state index in [1.165, 1.54) is 13.5 Å². The highest BCUT2D eigenvalue weighted by Gasteiger charge is 2.37. The maximum absolute atomic E-state index is 11.8. The zero-order chi connectivity index (χ0) is 15.7. The summed E-state index contributed by atoms with van der Waals surface area (Å²) in [6.45, 7) is 1.76. The summed E-state index contributed by atoms with van der Waals surface area (Å²) in [5.41, 5.74) is 0. The molecule has 2 atom stereocenters. The summed E-state index contributed by atoms with van der Waals surface area (Å²) < 4.78 is 9.39. The van der Waals surface area contributed by atoms with E-state index in [1.807, 2.05) is 4.90 Å². The average Bonchev–Trinajstić information content (AvgIpc) is 2.90. The summed E-state index contributed by atoms with van der Waals surface area (Å²) in [6, 6.07) is -0.427. The van der Waals surface area contributed by atoms with Gasteiger partial charge >= 0.3 is 5.97 Å². The third-order valence-corrected chi connectivity index (χ3v) is 4.88. The maximum Gasteiger partial charge on any atom is 0.323 e. The average molecular weight is 326 g/mol. The Balaban J connectivity index is 1.81. The number of aliphatic hydroxyl groups is 1. The van der Waals surface area contributed by atoms with E-state index >= 15 is 0 Å². The summed E-state index contributed by atoms with van der Waals surface area (Å²) in [6.07, 6.45) is 4.30. The Morgan fingerprint density at radius 2 is 2.27 bits per heavy atom. The number of ether oxygens (including phenoxy) is 1. The highest BCUT2D eigenvalue weighted by atomic mass is 32.1. The van der Waals surface area contributed by atoms with Gasteiger partial charge in [-0.1, -0.05) is 6.42 Å². The predicted octanol–water partition coefficient (Wildman–Crippen LogP) is 0.706. The van der Waals surface area contributed by atoms with Gasteiger partial charge in [-0.15, -0.1) is 0 Å². The van der Waals surface area contributed by atoms with Gasteiger partial charge in [0.25, 0.3) is 0 Å². The lowest BCUT2D eigenvalue weighted by atomic mass is 10.2. The number of fused-ring (bicyclic) bond motifs is 1. The monoisotopic (exact) mass is 326 g/mol. The first-order chi connectivity index (χ1) is 10.6. The van der Waals surface area contributed by atoms with E-state index in [-0.39, 0.29) is 5.97 Å². The molecule has 1 aromatic rings. The SMILES string of the molecule is COC(=O)[C@@H]1C[C@H](O)CN1Cn1nc2n(c1=S)CCCCC2. The summed E-state index contributed by atoms with van der Waals surface area (Å²) >= 11 is 5.53. The number of aromatic nitrogens is 3. The molecule has 2 aliphatic heterocycles. The van der Waals surface area contributed by atoms with Crippen molar-refractivity contribution in [1.29, 1.82) is 0 Å². The molecular weight excluding hydrogens is 304 g/mol. The summed E-state index contributed by atoms with van der Waals surface area (Å²) in [5, 5.41) is 14.5. The van der Waals surface area contributed by atoms with Gasteiger partial charge in [0.2, 0.25) is 0 Å². The van der Waals surface area contributed by atoms with Crippen molar-refractivity contribution >= 4 is 18.2 Å². The van der Waals surface area contributed by atoms with E-state index in [9.17, 15) is 9.90 Å². The number of carbonyl (C=O) groups excluding carboxylic acids is 1. The number of methoxy groups -OCH3 is 1. The van der Waals surface area contributed by atoms with Crippen molar-refractivity contribution < 1.29 is 14.6 Å². The number of likely N-dealkylation sites (tertiary alicyclic amines) is 1. The molecular formula is C14H22N4O3S. The Labute approximate surface area is 134 Å². The number of β-amino-alcohol motifs (C(OH)–C–C–N with tert-alkyl or cyclic N) is 1. The number of esters is 1. The van der Waals surface area contributed by atoms with E-state index in [0.717, 1.165) is 31.6 Å². The molecule has 0 saturated carbocycles. The van der Waals surface area contributed by atoms with E-state index in [0.29, 0.717) is 24.4 Å². The minimum absolute atomic E-state index is 0.316. The largest absolute Gasteiger partial charge is 0.468 e. The Hall–Kier alpha value is -1.25. The molecule has 0 radical (unpaired) electrons. The summed E-state index contributed by atoms with van der Waals surface area (Å²) in [4.78, 5) is 13.7. The molecule has 0 unspecified atom stereocenters. The molecule has 1 saturated heterocycles. The molecule has 1 N–H and O–H groups in total. The van der Waals surface area contributed by atoms with Gasteiger partial charge in [-0.3, -0.25) is 9.69 Å². The summed E-state index contributed by atoms with van der Waals surface area (Å²) in [7, 11) is 1.37. The molecule has 22 heavy (non-hydrogen) atoms. The van der Waals surface area contributed by atoms with E-state index < -0.39 is 12.1 Å². The molecule has 3 heterocycles. The molecule has 0 aliphatic carbocycles. The van der Waals surface area contributed by atoms with Crippen LogP contribution in [-0.2, 0) is 29.2 Å². The van der Waals surface area contributed by atoms with Crippen LogP contribution in [0.2, 0.25) is 0 Å². The van der Waals surface area contributed by atoms with Gasteiger partial charge in [0.15, 0.2) is 4.77 Å². The summed E-state index contributed by atoms with van der Waals surface area (Å²) in [5.74, 6) is 0.709. The fourth-order valence-electron chi connectivity index (χ4n) is 3.31. The molecule has 0 bridgehead atoms. The second-order valence-corrected chi connectivity index (χ2v) is 6.37. The minimum atomic E-state index is -0.515. The molecule has 0 spiro atoms. The van der Waals surface area contributed by atoms with Gasteiger partial charge in [0.05, 0.1) is 19.9 Å². The number of hydrogen-bond donors (Lipinski definition) is 1. The van der Waals surface area contributed by atoms with Crippen LogP contribution in [0.1, 0.15) is 31.5 Å². The molecule has 3 rings (SSSR count). The van der Waals surface area contributed by atoms with Crippen LogP contribution in [0.4, 0.5) is 0 Å². The molecule has 0 amide bonds. The van der Waals surface area contributed by atoms with Crippen molar-refractivity contribution in [3.8, 4) is 0 Å². The number of hydrogen-bond acceptors (Lipinski definition) is 6. The molecule has 1 fully saturated rings. The number of aryl methyl sites for hydroxylation is 1. The van der Waals surface area contributed by atoms with Crippen molar-refractivity contribution in [2.45, 2.75) is 57.5 Å². The van der Waals surface area contributed by atoms with Crippen LogP contribution in [0, 0.1) is 4.77 Å². The van der Waals surface area contributed by atoms with Crippen molar-refractivity contribution in [2.75, 3.05) is 13.7 Å². The van der Waals surface area contributed by atoms with Crippen LogP contribution in [0.25, 0.3) is 0 Å². The molecule has 7 nitrogen and oxygen atoms in total. The lowest BCUT2D eigenvalue weighted by molar-refractivity contribution is -0.146. The van der Waals surface area contributed by atoms with Gasteiger partial charge < -0.3 is 14.4 Å². The normalized spacial score (nSPS) is 25.7. The number of aliphatic hydroxyl groups excluding tert-OH is 1. The van der Waals surface area contributed by atoms with Crippen LogP contribution >= 0.6 is 12.2 Å². The Kier molecular flexibility index (Phi) is 4.60. The van der Waals surface area contributed by atoms with E-state index in [1.54, 1.807) is 4.68 Å². The quantitative estimate of drug-likeness (QED) is 0.651. The zero-order valence-electron chi connectivity index (χ0n) is 12.8. The predicted molar refractivity (Wildman–Crippen MR) is 81.7 cm³/mol. The van der Waals surface area contributed by atoms with Crippen LogP contribution < -0.4 is 0 Å². The second-order valence-electron chi connectivity index (χ2n) is 6.00. The van der Waals surface area contributed by atoms with Gasteiger partial charge in [0, 0.05) is 25.9 Å².